The van der Waals surface area contributed by atoms with Gasteiger partial charge in [-0.05, 0) is 56.7 Å². The molecule has 6 heteroatoms. The molecule has 20 heavy (non-hydrogen) atoms. The normalized spacial score (nSPS) is 18.3. The molecule has 0 radical (unpaired) electrons. The Hall–Kier alpha value is -0.910. The summed E-state index contributed by atoms with van der Waals surface area (Å²) in [6.07, 6.45) is 0.452. The van der Waals surface area contributed by atoms with Gasteiger partial charge in [-0.15, -0.1) is 11.8 Å². The topological polar surface area (TPSA) is 50.4 Å². The number of ether oxygens (including phenoxy) is 1. The number of fused-ring (bicyclic) bond motifs is 1. The van der Waals surface area contributed by atoms with E-state index in [2.05, 4.69) is 10.9 Å². The second-order valence-corrected chi connectivity index (χ2v) is 7.22. The lowest BCUT2D eigenvalue weighted by atomic mass is 10.0. The van der Waals surface area contributed by atoms with Gasteiger partial charge in [-0.2, -0.15) is 0 Å². The highest BCUT2D eigenvalue weighted by atomic mass is 35.5. The molecule has 1 aliphatic rings. The van der Waals surface area contributed by atoms with Gasteiger partial charge in [0, 0.05) is 9.92 Å². The van der Waals surface area contributed by atoms with E-state index in [0.717, 1.165) is 17.7 Å². The Kier molecular flexibility index (Phi) is 4.83. The predicted octanol–water partition coefficient (Wildman–Crippen LogP) is 3.91. The summed E-state index contributed by atoms with van der Waals surface area (Å²) in [5.74, 6) is 1.00. The molecule has 0 saturated heterocycles. The molecular weight excluding hydrogens is 296 g/mol. The van der Waals surface area contributed by atoms with Crippen LogP contribution in [-0.4, -0.2) is 17.4 Å². The van der Waals surface area contributed by atoms with E-state index in [0.29, 0.717) is 5.02 Å². The second-order valence-electron chi connectivity index (χ2n) is 5.64. The minimum atomic E-state index is -0.505. The number of nitrogens with one attached hydrogen (secondary N) is 2. The molecule has 1 heterocycles. The van der Waals surface area contributed by atoms with E-state index in [4.69, 9.17) is 16.3 Å². The maximum Gasteiger partial charge on any atom is 0.422 e. The lowest BCUT2D eigenvalue weighted by Gasteiger charge is -2.27. The number of rotatable bonds is 2. The zero-order valence-corrected chi connectivity index (χ0v) is 13.4. The molecule has 0 saturated carbocycles. The molecule has 1 atom stereocenters. The zero-order valence-electron chi connectivity index (χ0n) is 11.8. The smallest absolute Gasteiger partial charge is 0.422 e. The van der Waals surface area contributed by atoms with Crippen LogP contribution in [0.15, 0.2) is 23.1 Å². The van der Waals surface area contributed by atoms with Crippen LogP contribution in [0.2, 0.25) is 5.02 Å². The van der Waals surface area contributed by atoms with Crippen molar-refractivity contribution in [3.63, 3.8) is 0 Å². The monoisotopic (exact) mass is 314 g/mol. The molecule has 0 fully saturated rings. The van der Waals surface area contributed by atoms with Crippen LogP contribution in [0.3, 0.4) is 0 Å². The highest BCUT2D eigenvalue weighted by molar-refractivity contribution is 7.99. The van der Waals surface area contributed by atoms with E-state index in [9.17, 15) is 4.79 Å². The highest BCUT2D eigenvalue weighted by Crippen LogP contribution is 2.37. The van der Waals surface area contributed by atoms with E-state index >= 15 is 0 Å². The Balaban J connectivity index is 1.98. The maximum absolute atomic E-state index is 11.7. The zero-order chi connectivity index (χ0) is 14.8. The first-order valence-corrected chi connectivity index (χ1v) is 7.88. The number of hydrogen-bond acceptors (Lipinski definition) is 4. The van der Waals surface area contributed by atoms with Crippen molar-refractivity contribution in [2.24, 2.45) is 0 Å². The average molecular weight is 315 g/mol. The molecule has 4 nitrogen and oxygen atoms in total. The van der Waals surface area contributed by atoms with Crippen molar-refractivity contribution in [1.82, 2.24) is 10.9 Å². The van der Waals surface area contributed by atoms with Gasteiger partial charge < -0.3 is 4.74 Å². The van der Waals surface area contributed by atoms with Crippen LogP contribution in [0.25, 0.3) is 0 Å². The third-order valence-corrected chi connectivity index (χ3v) is 4.12. The van der Waals surface area contributed by atoms with E-state index < -0.39 is 11.7 Å². The van der Waals surface area contributed by atoms with Crippen molar-refractivity contribution < 1.29 is 9.53 Å². The third-order valence-electron chi connectivity index (χ3n) is 2.76. The average Bonchev–Trinajstić information content (AvgIpc) is 2.34. The summed E-state index contributed by atoms with van der Waals surface area (Å²) in [7, 11) is 0. The Labute approximate surface area is 128 Å². The first kappa shape index (κ1) is 15.5. The number of hydrogen-bond donors (Lipinski definition) is 2. The number of carbonyl (C=O) groups is 1. The Bertz CT molecular complexity index is 502. The van der Waals surface area contributed by atoms with Crippen molar-refractivity contribution in [3.8, 4) is 0 Å². The molecule has 0 aromatic heterocycles. The van der Waals surface area contributed by atoms with Crippen LogP contribution < -0.4 is 10.9 Å². The quantitative estimate of drug-likeness (QED) is 0.813. The Morgan fingerprint density at radius 2 is 2.20 bits per heavy atom. The van der Waals surface area contributed by atoms with Gasteiger partial charge in [-0.25, -0.2) is 10.2 Å². The molecule has 0 bridgehead atoms. The van der Waals surface area contributed by atoms with E-state index in [1.54, 1.807) is 11.8 Å². The predicted molar refractivity (Wildman–Crippen MR) is 82.0 cm³/mol. The molecule has 0 aliphatic carbocycles. The van der Waals surface area contributed by atoms with Gasteiger partial charge in [0.25, 0.3) is 0 Å². The van der Waals surface area contributed by atoms with Gasteiger partial charge in [-0.3, -0.25) is 5.43 Å². The van der Waals surface area contributed by atoms with Gasteiger partial charge in [-0.1, -0.05) is 11.6 Å². The molecule has 1 unspecified atom stereocenters. The van der Waals surface area contributed by atoms with Crippen molar-refractivity contribution in [2.75, 3.05) is 5.75 Å². The SMILES string of the molecule is CC(C)(C)OC(=O)NNC1CCSc2ccc(Cl)cc21. The van der Waals surface area contributed by atoms with Crippen LogP contribution in [0, 0.1) is 0 Å². The van der Waals surface area contributed by atoms with Crippen LogP contribution in [0.1, 0.15) is 38.8 Å². The van der Waals surface area contributed by atoms with Crippen molar-refractivity contribution in [1.29, 1.82) is 0 Å². The summed E-state index contributed by atoms with van der Waals surface area (Å²) in [6.45, 7) is 5.50. The Morgan fingerprint density at radius 3 is 2.90 bits per heavy atom. The van der Waals surface area contributed by atoms with Crippen molar-refractivity contribution >= 4 is 29.5 Å². The molecule has 1 aromatic carbocycles. The summed E-state index contributed by atoms with van der Waals surface area (Å²) in [5.41, 5.74) is 6.25. The fourth-order valence-corrected chi connectivity index (χ4v) is 3.25. The maximum atomic E-state index is 11.7. The number of halogens is 1. The minimum absolute atomic E-state index is 0.0532. The molecule has 0 spiro atoms. The lowest BCUT2D eigenvalue weighted by Crippen LogP contribution is -2.43. The largest absolute Gasteiger partial charge is 0.443 e. The molecule has 110 valence electrons. The summed E-state index contributed by atoms with van der Waals surface area (Å²) in [6, 6.07) is 5.90. The summed E-state index contributed by atoms with van der Waals surface area (Å²) in [5, 5.41) is 0.704. The summed E-state index contributed by atoms with van der Waals surface area (Å²) >= 11 is 7.85. The van der Waals surface area contributed by atoms with Crippen LogP contribution in [0.5, 0.6) is 0 Å². The fourth-order valence-electron chi connectivity index (χ4n) is 1.96. The number of carbonyl (C=O) groups excluding carboxylic acids is 1. The van der Waals surface area contributed by atoms with Crippen molar-refractivity contribution in [2.45, 2.75) is 43.7 Å². The van der Waals surface area contributed by atoms with Crippen LogP contribution in [0.4, 0.5) is 4.79 Å². The van der Waals surface area contributed by atoms with Crippen LogP contribution in [-0.2, 0) is 4.74 Å². The number of amides is 1. The second kappa shape index (κ2) is 6.24. The first-order chi connectivity index (χ1) is 9.35. The molecular formula is C14H19ClN2O2S. The first-order valence-electron chi connectivity index (χ1n) is 6.52. The van der Waals surface area contributed by atoms with Gasteiger partial charge in [0.05, 0.1) is 6.04 Å². The molecule has 1 aliphatic heterocycles. The molecule has 2 rings (SSSR count). The minimum Gasteiger partial charge on any atom is -0.443 e. The van der Waals surface area contributed by atoms with Gasteiger partial charge in [0.1, 0.15) is 5.60 Å². The standard InChI is InChI=1S/C14H19ClN2O2S/c1-14(2,3)19-13(18)17-16-11-6-7-20-12-5-4-9(15)8-10(11)12/h4-5,8,11,16H,6-7H2,1-3H3,(H,17,18). The number of hydrazine groups is 1. The van der Waals surface area contributed by atoms with Crippen LogP contribution >= 0.6 is 23.4 Å². The molecule has 1 aromatic rings. The molecule has 1 amide bonds. The number of thioether (sulfide) groups is 1. The van der Waals surface area contributed by atoms with E-state index in [-0.39, 0.29) is 6.04 Å². The van der Waals surface area contributed by atoms with Gasteiger partial charge in [0.15, 0.2) is 0 Å². The highest BCUT2D eigenvalue weighted by Gasteiger charge is 2.22. The Morgan fingerprint density at radius 1 is 1.45 bits per heavy atom. The van der Waals surface area contributed by atoms with E-state index in [1.807, 2.05) is 39.0 Å². The number of benzene rings is 1. The fraction of sp³-hybridized carbons (Fsp3) is 0.500. The van der Waals surface area contributed by atoms with Crippen molar-refractivity contribution in [3.05, 3.63) is 28.8 Å². The third kappa shape index (κ3) is 4.30. The summed E-state index contributed by atoms with van der Waals surface area (Å²) in [4.78, 5) is 12.9. The van der Waals surface area contributed by atoms with E-state index in [1.165, 1.54) is 4.90 Å². The summed E-state index contributed by atoms with van der Waals surface area (Å²) < 4.78 is 5.20. The van der Waals surface area contributed by atoms with Gasteiger partial charge in [0.2, 0.25) is 0 Å². The lowest BCUT2D eigenvalue weighted by molar-refractivity contribution is 0.0486. The van der Waals surface area contributed by atoms with Gasteiger partial charge >= 0.3 is 6.09 Å². The molecule has 2 N–H and O–H groups in total.